The van der Waals surface area contributed by atoms with Gasteiger partial charge in [-0.25, -0.2) is 9.97 Å². The SMILES string of the molecule is CC1(Oc2ccc3[nH]nc(-c4cc(N5CCC(OC6CCC(OC7CCN(c8ccc9c(c8)C(=O)N(C8CCC(=O)NC8=O)C9=O)CC7)CC6)CC5)ncn4)c3c2)CC1. The van der Waals surface area contributed by atoms with Gasteiger partial charge in [-0.3, -0.25) is 34.5 Å². The van der Waals surface area contributed by atoms with E-state index in [2.05, 4.69) is 48.3 Å². The second kappa shape index (κ2) is 15.3. The average Bonchev–Trinajstić information content (AvgIpc) is 3.73. The summed E-state index contributed by atoms with van der Waals surface area (Å²) in [7, 11) is 0. The molecule has 5 fully saturated rings. The number of carbonyl (C=O) groups is 4. The van der Waals surface area contributed by atoms with Crippen LogP contribution in [0.2, 0.25) is 0 Å². The number of benzene rings is 2. The molecule has 0 radical (unpaired) electrons. The highest BCUT2D eigenvalue weighted by atomic mass is 16.5. The first-order valence-corrected chi connectivity index (χ1v) is 21.3. The molecule has 1 unspecified atom stereocenters. The molecule has 0 spiro atoms. The van der Waals surface area contributed by atoms with Gasteiger partial charge in [0.05, 0.1) is 46.8 Å². The van der Waals surface area contributed by atoms with Crippen molar-refractivity contribution in [2.75, 3.05) is 36.0 Å². The lowest BCUT2D eigenvalue weighted by atomic mass is 9.93. The van der Waals surface area contributed by atoms with Gasteiger partial charge in [0.15, 0.2) is 0 Å². The van der Waals surface area contributed by atoms with E-state index in [4.69, 9.17) is 14.2 Å². The summed E-state index contributed by atoms with van der Waals surface area (Å²) in [4.78, 5) is 65.3. The molecule has 15 heteroatoms. The first-order valence-electron chi connectivity index (χ1n) is 21.3. The van der Waals surface area contributed by atoms with Crippen LogP contribution in [0.5, 0.6) is 5.75 Å². The number of ether oxygens (including phenoxy) is 3. The van der Waals surface area contributed by atoms with E-state index < -0.39 is 23.8 Å². The van der Waals surface area contributed by atoms with Crippen LogP contribution in [0.25, 0.3) is 22.3 Å². The van der Waals surface area contributed by atoms with E-state index in [-0.39, 0.29) is 48.8 Å². The lowest BCUT2D eigenvalue weighted by molar-refractivity contribution is -0.136. The Kier molecular flexibility index (Phi) is 9.82. The molecule has 2 aromatic heterocycles. The van der Waals surface area contributed by atoms with Crippen LogP contribution in [0.3, 0.4) is 0 Å². The zero-order valence-electron chi connectivity index (χ0n) is 33.4. The number of hydrogen-bond acceptors (Lipinski definition) is 12. The minimum absolute atomic E-state index is 0.0527. The van der Waals surface area contributed by atoms with Crippen molar-refractivity contribution in [2.45, 2.75) is 120 Å². The number of H-pyrrole nitrogens is 1. The number of hydrogen-bond donors (Lipinski definition) is 2. The Morgan fingerprint density at radius 3 is 2.05 bits per heavy atom. The number of imide groups is 2. The second-order valence-corrected chi connectivity index (χ2v) is 17.3. The quantitative estimate of drug-likeness (QED) is 0.198. The van der Waals surface area contributed by atoms with Crippen molar-refractivity contribution in [3.05, 3.63) is 59.9 Å². The van der Waals surface area contributed by atoms with Crippen LogP contribution in [0.1, 0.15) is 105 Å². The number of nitrogens with zero attached hydrogens (tertiary/aromatic N) is 6. The van der Waals surface area contributed by atoms with Gasteiger partial charge in [0.2, 0.25) is 11.8 Å². The zero-order valence-corrected chi connectivity index (χ0v) is 33.4. The molecule has 2 saturated carbocycles. The third-order valence-corrected chi connectivity index (χ3v) is 13.1. The van der Waals surface area contributed by atoms with Crippen molar-refractivity contribution in [3.63, 3.8) is 0 Å². The molecule has 4 aliphatic heterocycles. The molecule has 1 atom stereocenters. The number of piperidine rings is 3. The summed E-state index contributed by atoms with van der Waals surface area (Å²) in [6.07, 6.45) is 12.6. The predicted octanol–water partition coefficient (Wildman–Crippen LogP) is 5.33. The van der Waals surface area contributed by atoms with Crippen molar-refractivity contribution in [1.29, 1.82) is 0 Å². The molecule has 2 N–H and O–H groups in total. The van der Waals surface area contributed by atoms with Gasteiger partial charge in [-0.05, 0) is 114 Å². The second-order valence-electron chi connectivity index (χ2n) is 17.3. The Hall–Kier alpha value is -5.41. The summed E-state index contributed by atoms with van der Waals surface area (Å²) >= 11 is 0. The number of aromatic amines is 1. The van der Waals surface area contributed by atoms with Crippen LogP contribution in [-0.4, -0.2) is 111 Å². The number of nitrogens with one attached hydrogen (secondary N) is 2. The van der Waals surface area contributed by atoms with E-state index in [0.717, 1.165) is 135 Å². The number of rotatable bonds is 10. The molecule has 308 valence electrons. The van der Waals surface area contributed by atoms with Crippen LogP contribution in [0.4, 0.5) is 11.5 Å². The molecule has 15 nitrogen and oxygen atoms in total. The van der Waals surface area contributed by atoms with E-state index in [1.165, 1.54) is 0 Å². The van der Waals surface area contributed by atoms with Crippen molar-refractivity contribution in [3.8, 4) is 17.1 Å². The molecular formula is C44H50N8O7. The molecule has 2 aromatic carbocycles. The first-order chi connectivity index (χ1) is 28.7. The van der Waals surface area contributed by atoms with Crippen molar-refractivity contribution < 1.29 is 33.4 Å². The largest absolute Gasteiger partial charge is 0.488 e. The van der Waals surface area contributed by atoms with Gasteiger partial charge >= 0.3 is 0 Å². The standard InChI is InChI=1S/C44H50N8O7/c1-44(16-17-44)59-31-7-9-35-34(23-31)40(49-48-35)36-24-38(46-25-45-36)51-20-14-30(15-21-51)58-28-5-3-27(4-6-28)57-29-12-18-50(19-13-29)26-2-8-32-33(22-26)43(56)52(42(32)55)37-10-11-39(53)47-41(37)54/h2,7-9,22-25,27-30,37H,3-6,10-21H2,1H3,(H,48,49)(H,47,53,54). The summed E-state index contributed by atoms with van der Waals surface area (Å²) in [5.41, 5.74) is 3.97. The van der Waals surface area contributed by atoms with E-state index in [1.54, 1.807) is 18.5 Å². The van der Waals surface area contributed by atoms with Crippen LogP contribution in [-0.2, 0) is 19.1 Å². The van der Waals surface area contributed by atoms with Gasteiger partial charge in [0.1, 0.15) is 35.2 Å². The summed E-state index contributed by atoms with van der Waals surface area (Å²) in [5.74, 6) is -0.197. The fraction of sp³-hybridized carbons (Fsp3) is 0.523. The Bertz CT molecular complexity index is 2290. The van der Waals surface area contributed by atoms with Crippen molar-refractivity contribution in [1.82, 2.24) is 30.4 Å². The number of carbonyl (C=O) groups excluding carboxylic acids is 4. The molecule has 6 aliphatic rings. The lowest BCUT2D eigenvalue weighted by Gasteiger charge is -2.38. The third kappa shape index (κ3) is 7.66. The maximum Gasteiger partial charge on any atom is 0.262 e. The number of amides is 4. The molecule has 6 heterocycles. The monoisotopic (exact) mass is 802 g/mol. The minimum atomic E-state index is -0.969. The van der Waals surface area contributed by atoms with Gasteiger partial charge in [-0.2, -0.15) is 5.10 Å². The van der Waals surface area contributed by atoms with Crippen LogP contribution < -0.4 is 19.9 Å². The molecule has 2 aliphatic carbocycles. The Morgan fingerprint density at radius 1 is 0.712 bits per heavy atom. The van der Waals surface area contributed by atoms with Crippen LogP contribution in [0.15, 0.2) is 48.8 Å². The summed E-state index contributed by atoms with van der Waals surface area (Å²) in [6, 6.07) is 12.5. The van der Waals surface area contributed by atoms with E-state index in [9.17, 15) is 19.2 Å². The van der Waals surface area contributed by atoms with Crippen molar-refractivity contribution in [2.24, 2.45) is 0 Å². The molecule has 10 rings (SSSR count). The molecular weight excluding hydrogens is 753 g/mol. The van der Waals surface area contributed by atoms with Crippen molar-refractivity contribution >= 4 is 46.0 Å². The van der Waals surface area contributed by atoms with Gasteiger partial charge < -0.3 is 24.0 Å². The van der Waals surface area contributed by atoms with Gasteiger partial charge in [0.25, 0.3) is 11.8 Å². The summed E-state index contributed by atoms with van der Waals surface area (Å²) in [5, 5.41) is 11.0. The van der Waals surface area contributed by atoms with Gasteiger partial charge in [0, 0.05) is 49.7 Å². The Balaban J connectivity index is 0.666. The topological polar surface area (TPSA) is 172 Å². The number of anilines is 2. The zero-order chi connectivity index (χ0) is 40.3. The van der Waals surface area contributed by atoms with Gasteiger partial charge in [-0.15, -0.1) is 0 Å². The fourth-order valence-corrected chi connectivity index (χ4v) is 9.44. The summed E-state index contributed by atoms with van der Waals surface area (Å²) in [6.45, 7) is 5.46. The van der Waals surface area contributed by atoms with Crippen LogP contribution in [0, 0.1) is 0 Å². The maximum absolute atomic E-state index is 13.3. The molecule has 59 heavy (non-hydrogen) atoms. The Morgan fingerprint density at radius 2 is 1.37 bits per heavy atom. The highest BCUT2D eigenvalue weighted by Crippen LogP contribution is 2.41. The smallest absolute Gasteiger partial charge is 0.262 e. The first kappa shape index (κ1) is 37.8. The highest BCUT2D eigenvalue weighted by molar-refractivity contribution is 6.23. The third-order valence-electron chi connectivity index (χ3n) is 13.1. The molecule has 4 aromatic rings. The fourth-order valence-electron chi connectivity index (χ4n) is 9.44. The number of fused-ring (bicyclic) bond motifs is 2. The molecule has 0 bridgehead atoms. The minimum Gasteiger partial charge on any atom is -0.488 e. The van der Waals surface area contributed by atoms with E-state index >= 15 is 0 Å². The van der Waals surface area contributed by atoms with Gasteiger partial charge in [-0.1, -0.05) is 0 Å². The number of aromatic nitrogens is 4. The normalized spacial score (nSPS) is 25.1. The predicted molar refractivity (Wildman–Crippen MR) is 217 cm³/mol. The van der Waals surface area contributed by atoms with E-state index in [0.29, 0.717) is 11.1 Å². The maximum atomic E-state index is 13.3. The highest BCUT2D eigenvalue weighted by Gasteiger charge is 2.45. The Labute approximate surface area is 342 Å². The lowest BCUT2D eigenvalue weighted by Crippen LogP contribution is -2.54. The average molecular weight is 803 g/mol. The molecule has 3 saturated heterocycles. The molecule has 4 amide bonds. The summed E-state index contributed by atoms with van der Waals surface area (Å²) < 4.78 is 19.5. The van der Waals surface area contributed by atoms with Crippen LogP contribution >= 0.6 is 0 Å². The van der Waals surface area contributed by atoms with E-state index in [1.807, 2.05) is 24.3 Å².